The van der Waals surface area contributed by atoms with E-state index in [0.717, 1.165) is 49.4 Å². The van der Waals surface area contributed by atoms with Crippen LogP contribution in [-0.2, 0) is 6.42 Å². The van der Waals surface area contributed by atoms with Gasteiger partial charge in [-0.05, 0) is 50.2 Å². The van der Waals surface area contributed by atoms with Crippen molar-refractivity contribution < 1.29 is 18.7 Å². The van der Waals surface area contributed by atoms with E-state index in [0.29, 0.717) is 17.5 Å². The molecule has 0 radical (unpaired) electrons. The van der Waals surface area contributed by atoms with Crippen LogP contribution in [0.1, 0.15) is 53.3 Å². The molecule has 7 heteroatoms. The highest BCUT2D eigenvalue weighted by molar-refractivity contribution is 5.95. The number of carbonyl (C=O) groups is 1. The molecule has 5 rings (SSSR count). The Kier molecular flexibility index (Phi) is 3.28. The van der Waals surface area contributed by atoms with Gasteiger partial charge in [0.15, 0.2) is 11.5 Å². The molecule has 3 aliphatic carbocycles. The molecule has 0 spiro atoms. The van der Waals surface area contributed by atoms with Crippen LogP contribution in [0.3, 0.4) is 0 Å². The van der Waals surface area contributed by atoms with Gasteiger partial charge in [-0.15, -0.1) is 0 Å². The van der Waals surface area contributed by atoms with Crippen LogP contribution in [0, 0.1) is 17.6 Å². The Morgan fingerprint density at radius 3 is 2.85 bits per heavy atom. The van der Waals surface area contributed by atoms with Crippen LogP contribution in [-0.4, -0.2) is 32.9 Å². The number of hydrogen-bond donors (Lipinski definition) is 2. The zero-order chi connectivity index (χ0) is 18.1. The van der Waals surface area contributed by atoms with E-state index in [4.69, 9.17) is 0 Å². The lowest BCUT2D eigenvalue weighted by molar-refractivity contribution is 0.0636. The van der Waals surface area contributed by atoms with E-state index in [1.54, 1.807) is 0 Å². The minimum absolute atomic E-state index is 0.0977. The fraction of sp³-hybridized carbons (Fsp3) is 0.474. The molecule has 2 aromatic rings. The van der Waals surface area contributed by atoms with Gasteiger partial charge in [0.25, 0.3) is 5.91 Å². The number of carbonyl (C=O) groups excluding carboxylic acids is 1. The number of hydrogen-bond acceptors (Lipinski definition) is 3. The normalized spacial score (nSPS) is 24.6. The molecule has 1 heterocycles. The standard InChI is InChI=1S/C19H19F2N3O2/c20-11-2-3-15(14(21)8-11)24-17-12-6-10(12)7-13(17)16(23-24)18(26)22-19(9-25)4-1-5-19/h2-3,8,10,12,25H,1,4-7,9H2,(H,22,26)/t10-,12-/m0/s1. The van der Waals surface area contributed by atoms with Crippen molar-refractivity contribution in [1.82, 2.24) is 15.1 Å². The summed E-state index contributed by atoms with van der Waals surface area (Å²) in [4.78, 5) is 12.8. The summed E-state index contributed by atoms with van der Waals surface area (Å²) in [5, 5.41) is 16.9. The fourth-order valence-corrected chi connectivity index (χ4v) is 4.36. The van der Waals surface area contributed by atoms with E-state index in [2.05, 4.69) is 10.4 Å². The quantitative estimate of drug-likeness (QED) is 0.881. The Bertz CT molecular complexity index is 914. The first-order valence-corrected chi connectivity index (χ1v) is 9.02. The largest absolute Gasteiger partial charge is 0.394 e. The molecule has 1 aromatic carbocycles. The number of halogens is 2. The first-order valence-electron chi connectivity index (χ1n) is 9.02. The molecule has 0 aliphatic heterocycles. The summed E-state index contributed by atoms with van der Waals surface area (Å²) in [6, 6.07) is 3.38. The van der Waals surface area contributed by atoms with Crippen LogP contribution >= 0.6 is 0 Å². The summed E-state index contributed by atoms with van der Waals surface area (Å²) < 4.78 is 29.1. The molecule has 2 fully saturated rings. The topological polar surface area (TPSA) is 67.2 Å². The number of aromatic nitrogens is 2. The molecule has 2 atom stereocenters. The molecular formula is C19H19F2N3O2. The third kappa shape index (κ3) is 2.23. The van der Waals surface area contributed by atoms with Gasteiger partial charge < -0.3 is 10.4 Å². The van der Waals surface area contributed by atoms with E-state index in [1.807, 2.05) is 0 Å². The van der Waals surface area contributed by atoms with Crippen molar-refractivity contribution in [2.45, 2.75) is 43.6 Å². The number of amides is 1. The number of benzene rings is 1. The Morgan fingerprint density at radius 1 is 1.38 bits per heavy atom. The Balaban J connectivity index is 1.56. The maximum absolute atomic E-state index is 14.3. The zero-order valence-electron chi connectivity index (χ0n) is 14.1. The van der Waals surface area contributed by atoms with Crippen molar-refractivity contribution in [3.63, 3.8) is 0 Å². The van der Waals surface area contributed by atoms with Gasteiger partial charge in [-0.1, -0.05) is 0 Å². The second-order valence-electron chi connectivity index (χ2n) is 7.77. The van der Waals surface area contributed by atoms with E-state index in [1.165, 1.54) is 16.8 Å². The third-order valence-electron chi connectivity index (χ3n) is 6.11. The van der Waals surface area contributed by atoms with Crippen LogP contribution in [0.5, 0.6) is 0 Å². The highest BCUT2D eigenvalue weighted by atomic mass is 19.1. The van der Waals surface area contributed by atoms with Crippen molar-refractivity contribution in [2.24, 2.45) is 5.92 Å². The smallest absolute Gasteiger partial charge is 0.272 e. The van der Waals surface area contributed by atoms with Crippen LogP contribution in [0.2, 0.25) is 0 Å². The minimum atomic E-state index is -0.697. The molecule has 5 nitrogen and oxygen atoms in total. The highest BCUT2D eigenvalue weighted by Crippen LogP contribution is 2.57. The van der Waals surface area contributed by atoms with Gasteiger partial charge in [-0.2, -0.15) is 5.10 Å². The molecule has 2 N–H and O–H groups in total. The minimum Gasteiger partial charge on any atom is -0.394 e. The molecular weight excluding hydrogens is 340 g/mol. The second kappa shape index (κ2) is 5.36. The van der Waals surface area contributed by atoms with Crippen LogP contribution in [0.4, 0.5) is 8.78 Å². The first kappa shape index (κ1) is 15.9. The number of aliphatic hydroxyl groups excluding tert-OH is 1. The number of rotatable bonds is 4. The van der Waals surface area contributed by atoms with Crippen molar-refractivity contribution in [1.29, 1.82) is 0 Å². The zero-order valence-corrected chi connectivity index (χ0v) is 14.1. The van der Waals surface area contributed by atoms with Crippen LogP contribution in [0.25, 0.3) is 5.69 Å². The number of nitrogens with zero attached hydrogens (tertiary/aromatic N) is 2. The SMILES string of the molecule is O=C(NC1(CO)CCC1)c1nn(-c2ccc(F)cc2F)c2c1C[C@@H]1C[C@H]21. The second-order valence-corrected chi connectivity index (χ2v) is 7.77. The monoisotopic (exact) mass is 359 g/mol. The van der Waals surface area contributed by atoms with Crippen LogP contribution in [0.15, 0.2) is 18.2 Å². The maximum Gasteiger partial charge on any atom is 0.272 e. The third-order valence-corrected chi connectivity index (χ3v) is 6.11. The van der Waals surface area contributed by atoms with Crippen molar-refractivity contribution in [3.05, 3.63) is 46.8 Å². The highest BCUT2D eigenvalue weighted by Gasteiger charge is 2.51. The molecule has 136 valence electrons. The van der Waals surface area contributed by atoms with Gasteiger partial charge in [0.1, 0.15) is 11.5 Å². The summed E-state index contributed by atoms with van der Waals surface area (Å²) in [5.41, 5.74) is 1.64. The van der Waals surface area contributed by atoms with Crippen LogP contribution < -0.4 is 5.32 Å². The number of fused-ring (bicyclic) bond motifs is 3. The van der Waals surface area contributed by atoms with E-state index >= 15 is 0 Å². The maximum atomic E-state index is 14.3. The van der Waals surface area contributed by atoms with Crippen molar-refractivity contribution in [2.75, 3.05) is 6.61 Å². The average molecular weight is 359 g/mol. The molecule has 1 amide bonds. The summed E-state index contributed by atoms with van der Waals surface area (Å²) in [7, 11) is 0. The van der Waals surface area contributed by atoms with Gasteiger partial charge in [-0.25, -0.2) is 13.5 Å². The Labute approximate surface area is 149 Å². The lowest BCUT2D eigenvalue weighted by Crippen LogP contribution is -2.56. The summed E-state index contributed by atoms with van der Waals surface area (Å²) in [6.07, 6.45) is 4.24. The Morgan fingerprint density at radius 2 is 2.19 bits per heavy atom. The number of aliphatic hydroxyl groups is 1. The van der Waals surface area contributed by atoms with Gasteiger partial charge in [0, 0.05) is 17.5 Å². The van der Waals surface area contributed by atoms with E-state index in [-0.39, 0.29) is 18.2 Å². The summed E-state index contributed by atoms with van der Waals surface area (Å²) >= 11 is 0. The lowest BCUT2D eigenvalue weighted by atomic mass is 9.77. The average Bonchev–Trinajstić information content (AvgIpc) is 3.08. The molecule has 0 saturated heterocycles. The molecule has 1 aromatic heterocycles. The number of nitrogens with one attached hydrogen (secondary N) is 1. The molecule has 3 aliphatic rings. The molecule has 26 heavy (non-hydrogen) atoms. The predicted octanol–water partition coefficient (Wildman–Crippen LogP) is 2.45. The van der Waals surface area contributed by atoms with Crippen molar-refractivity contribution >= 4 is 5.91 Å². The fourth-order valence-electron chi connectivity index (χ4n) is 4.36. The first-order chi connectivity index (χ1) is 12.5. The van der Waals surface area contributed by atoms with Gasteiger partial charge >= 0.3 is 0 Å². The van der Waals surface area contributed by atoms with Gasteiger partial charge in [0.05, 0.1) is 17.8 Å². The molecule has 2 saturated carbocycles. The van der Waals surface area contributed by atoms with Crippen molar-refractivity contribution in [3.8, 4) is 5.69 Å². The molecule has 0 bridgehead atoms. The van der Waals surface area contributed by atoms with Gasteiger partial charge in [-0.3, -0.25) is 4.79 Å². The summed E-state index contributed by atoms with van der Waals surface area (Å²) in [6.45, 7) is -0.0977. The lowest BCUT2D eigenvalue weighted by Gasteiger charge is -2.40. The van der Waals surface area contributed by atoms with E-state index < -0.39 is 17.2 Å². The Hall–Kier alpha value is -2.28. The predicted molar refractivity (Wildman–Crippen MR) is 89.2 cm³/mol. The van der Waals surface area contributed by atoms with E-state index in [9.17, 15) is 18.7 Å². The molecule has 0 unspecified atom stereocenters. The van der Waals surface area contributed by atoms with Gasteiger partial charge in [0.2, 0.25) is 0 Å². The summed E-state index contributed by atoms with van der Waals surface area (Å²) in [5.74, 6) is -0.888.